The molecule has 4 nitrogen and oxygen atoms in total. The number of ether oxygens (including phenoxy) is 1. The molecule has 84 valence electrons. The second-order valence-corrected chi connectivity index (χ2v) is 4.16. The molecule has 0 aliphatic rings. The lowest BCUT2D eigenvalue weighted by molar-refractivity contribution is 0.000632. The standard InChI is InChI=1S/C11H19N3O/c1-5-15-11(3,4)8-12-10-6-9(2)7-13-14-10/h6-7H,5,8H2,1-4H3,(H,12,14). The van der Waals surface area contributed by atoms with Gasteiger partial charge in [0.05, 0.1) is 11.8 Å². The summed E-state index contributed by atoms with van der Waals surface area (Å²) in [5.74, 6) is 0.794. The first-order chi connectivity index (χ1) is 7.03. The number of nitrogens with zero attached hydrogens (tertiary/aromatic N) is 2. The maximum atomic E-state index is 5.57. The van der Waals surface area contributed by atoms with Crippen molar-refractivity contribution < 1.29 is 4.74 Å². The molecule has 0 saturated heterocycles. The minimum Gasteiger partial charge on any atom is -0.374 e. The molecule has 0 radical (unpaired) electrons. The Kier molecular flexibility index (Phi) is 4.03. The highest BCUT2D eigenvalue weighted by molar-refractivity contribution is 5.35. The normalized spacial score (nSPS) is 11.5. The fourth-order valence-electron chi connectivity index (χ4n) is 1.30. The molecule has 0 aliphatic carbocycles. The summed E-state index contributed by atoms with van der Waals surface area (Å²) in [4.78, 5) is 0. The van der Waals surface area contributed by atoms with Crippen LogP contribution in [-0.2, 0) is 4.74 Å². The molecule has 0 atom stereocenters. The van der Waals surface area contributed by atoms with Crippen molar-refractivity contribution in [2.24, 2.45) is 0 Å². The predicted octanol–water partition coefficient (Wildman–Crippen LogP) is 2.01. The molecule has 1 rings (SSSR count). The number of aryl methyl sites for hydroxylation is 1. The summed E-state index contributed by atoms with van der Waals surface area (Å²) in [6, 6.07) is 1.97. The number of nitrogens with one attached hydrogen (secondary N) is 1. The van der Waals surface area contributed by atoms with Gasteiger partial charge in [0.1, 0.15) is 5.82 Å². The van der Waals surface area contributed by atoms with E-state index in [0.717, 1.165) is 17.9 Å². The molecule has 0 spiro atoms. The van der Waals surface area contributed by atoms with Crippen LogP contribution in [0.2, 0.25) is 0 Å². The van der Waals surface area contributed by atoms with E-state index in [1.165, 1.54) is 0 Å². The van der Waals surface area contributed by atoms with Gasteiger partial charge in [0.15, 0.2) is 0 Å². The maximum Gasteiger partial charge on any atom is 0.149 e. The van der Waals surface area contributed by atoms with Gasteiger partial charge in [-0.2, -0.15) is 5.10 Å². The zero-order valence-electron chi connectivity index (χ0n) is 9.87. The van der Waals surface area contributed by atoms with Gasteiger partial charge in [-0.1, -0.05) is 0 Å². The first kappa shape index (κ1) is 11.9. The molecule has 1 aromatic heterocycles. The van der Waals surface area contributed by atoms with Crippen molar-refractivity contribution in [2.75, 3.05) is 18.5 Å². The second-order valence-electron chi connectivity index (χ2n) is 4.16. The topological polar surface area (TPSA) is 47.0 Å². The Morgan fingerprint density at radius 1 is 1.47 bits per heavy atom. The third-order valence-electron chi connectivity index (χ3n) is 2.02. The van der Waals surface area contributed by atoms with Crippen LogP contribution >= 0.6 is 0 Å². The zero-order chi connectivity index (χ0) is 11.3. The molecule has 4 heteroatoms. The van der Waals surface area contributed by atoms with Crippen LogP contribution in [0.5, 0.6) is 0 Å². The summed E-state index contributed by atoms with van der Waals surface area (Å²) < 4.78 is 5.57. The van der Waals surface area contributed by atoms with E-state index in [2.05, 4.69) is 15.5 Å². The molecule has 1 N–H and O–H groups in total. The quantitative estimate of drug-likeness (QED) is 0.806. The molecule has 1 heterocycles. The van der Waals surface area contributed by atoms with Crippen LogP contribution in [0.3, 0.4) is 0 Å². The van der Waals surface area contributed by atoms with Crippen molar-refractivity contribution in [3.05, 3.63) is 17.8 Å². The van der Waals surface area contributed by atoms with Gasteiger partial charge in [-0.15, -0.1) is 5.10 Å². The Morgan fingerprint density at radius 2 is 2.20 bits per heavy atom. The van der Waals surface area contributed by atoms with Crippen LogP contribution in [0, 0.1) is 6.92 Å². The third kappa shape index (κ3) is 4.25. The molecule has 0 saturated carbocycles. The average Bonchev–Trinajstić information content (AvgIpc) is 2.15. The number of aromatic nitrogens is 2. The number of anilines is 1. The van der Waals surface area contributed by atoms with Gasteiger partial charge in [0.2, 0.25) is 0 Å². The van der Waals surface area contributed by atoms with Crippen LogP contribution in [0.4, 0.5) is 5.82 Å². The summed E-state index contributed by atoms with van der Waals surface area (Å²) in [6.45, 7) is 9.52. The highest BCUT2D eigenvalue weighted by atomic mass is 16.5. The largest absolute Gasteiger partial charge is 0.374 e. The van der Waals surface area contributed by atoms with Gasteiger partial charge in [-0.3, -0.25) is 0 Å². The van der Waals surface area contributed by atoms with Gasteiger partial charge in [0.25, 0.3) is 0 Å². The minimum absolute atomic E-state index is 0.180. The highest BCUT2D eigenvalue weighted by Gasteiger charge is 2.17. The third-order valence-corrected chi connectivity index (χ3v) is 2.02. The molecule has 0 amide bonds. The van der Waals surface area contributed by atoms with E-state index in [0.29, 0.717) is 6.61 Å². The minimum atomic E-state index is -0.180. The summed E-state index contributed by atoms with van der Waals surface area (Å²) in [5, 5.41) is 11.1. The molecule has 0 aromatic carbocycles. The van der Waals surface area contributed by atoms with Crippen LogP contribution in [0.1, 0.15) is 26.3 Å². The van der Waals surface area contributed by atoms with Crippen molar-refractivity contribution in [1.29, 1.82) is 0 Å². The monoisotopic (exact) mass is 209 g/mol. The predicted molar refractivity (Wildman–Crippen MR) is 61.0 cm³/mol. The van der Waals surface area contributed by atoms with E-state index >= 15 is 0 Å². The fraction of sp³-hybridized carbons (Fsp3) is 0.636. The Balaban J connectivity index is 2.49. The lowest BCUT2D eigenvalue weighted by atomic mass is 10.1. The van der Waals surface area contributed by atoms with E-state index in [9.17, 15) is 0 Å². The first-order valence-corrected chi connectivity index (χ1v) is 5.20. The van der Waals surface area contributed by atoms with Crippen molar-refractivity contribution in [1.82, 2.24) is 10.2 Å². The summed E-state index contributed by atoms with van der Waals surface area (Å²) in [5.41, 5.74) is 0.918. The summed E-state index contributed by atoms with van der Waals surface area (Å²) in [6.07, 6.45) is 1.73. The molecule has 0 fully saturated rings. The Labute approximate surface area is 91.1 Å². The maximum absolute atomic E-state index is 5.57. The van der Waals surface area contributed by atoms with E-state index < -0.39 is 0 Å². The van der Waals surface area contributed by atoms with Crippen LogP contribution in [0.25, 0.3) is 0 Å². The molecule has 1 aromatic rings. The molecule has 0 aliphatic heterocycles. The average molecular weight is 209 g/mol. The Morgan fingerprint density at radius 3 is 2.80 bits per heavy atom. The lowest BCUT2D eigenvalue weighted by Crippen LogP contribution is -2.33. The van der Waals surface area contributed by atoms with Crippen molar-refractivity contribution in [3.8, 4) is 0 Å². The van der Waals surface area contributed by atoms with Crippen LogP contribution in [0.15, 0.2) is 12.3 Å². The number of hydrogen-bond donors (Lipinski definition) is 1. The molecule has 15 heavy (non-hydrogen) atoms. The molecule has 0 unspecified atom stereocenters. The van der Waals surface area contributed by atoms with Gasteiger partial charge in [0, 0.05) is 13.2 Å². The van der Waals surface area contributed by atoms with E-state index in [1.54, 1.807) is 6.20 Å². The smallest absolute Gasteiger partial charge is 0.149 e. The zero-order valence-corrected chi connectivity index (χ0v) is 9.87. The number of rotatable bonds is 5. The van der Waals surface area contributed by atoms with E-state index in [1.807, 2.05) is 33.8 Å². The van der Waals surface area contributed by atoms with Crippen LogP contribution in [-0.4, -0.2) is 29.0 Å². The van der Waals surface area contributed by atoms with Gasteiger partial charge >= 0.3 is 0 Å². The van der Waals surface area contributed by atoms with Crippen molar-refractivity contribution in [2.45, 2.75) is 33.3 Å². The van der Waals surface area contributed by atoms with Gasteiger partial charge in [-0.05, 0) is 39.3 Å². The molecular formula is C11H19N3O. The highest BCUT2D eigenvalue weighted by Crippen LogP contribution is 2.11. The Bertz CT molecular complexity index is 312. The lowest BCUT2D eigenvalue weighted by Gasteiger charge is -2.25. The van der Waals surface area contributed by atoms with Gasteiger partial charge in [-0.25, -0.2) is 0 Å². The SMILES string of the molecule is CCOC(C)(C)CNc1cc(C)cnn1. The fourth-order valence-corrected chi connectivity index (χ4v) is 1.30. The first-order valence-electron chi connectivity index (χ1n) is 5.20. The van der Waals surface area contributed by atoms with E-state index in [-0.39, 0.29) is 5.60 Å². The van der Waals surface area contributed by atoms with Gasteiger partial charge < -0.3 is 10.1 Å². The summed E-state index contributed by atoms with van der Waals surface area (Å²) >= 11 is 0. The number of hydrogen-bond acceptors (Lipinski definition) is 4. The molecule has 0 bridgehead atoms. The molecular weight excluding hydrogens is 190 g/mol. The second kappa shape index (κ2) is 5.07. The van der Waals surface area contributed by atoms with E-state index in [4.69, 9.17) is 4.74 Å². The van der Waals surface area contributed by atoms with Crippen molar-refractivity contribution >= 4 is 5.82 Å². The van der Waals surface area contributed by atoms with Crippen molar-refractivity contribution in [3.63, 3.8) is 0 Å². The Hall–Kier alpha value is -1.16. The summed E-state index contributed by atoms with van der Waals surface area (Å²) in [7, 11) is 0. The van der Waals surface area contributed by atoms with Crippen LogP contribution < -0.4 is 5.32 Å².